The summed E-state index contributed by atoms with van der Waals surface area (Å²) in [6, 6.07) is 3.40. The number of aromatic hydroxyl groups is 1. The van der Waals surface area contributed by atoms with Crippen LogP contribution in [0.3, 0.4) is 0 Å². The molecule has 16 heavy (non-hydrogen) atoms. The maximum atomic E-state index is 12.1. The molecule has 0 saturated carbocycles. The molecule has 0 saturated heterocycles. The van der Waals surface area contributed by atoms with Crippen LogP contribution in [0.4, 0.5) is 5.69 Å². The van der Waals surface area contributed by atoms with Crippen molar-refractivity contribution >= 4 is 11.5 Å². The monoisotopic (exact) mass is 221 g/mol. The highest BCUT2D eigenvalue weighted by molar-refractivity contribution is 6.01. The van der Waals surface area contributed by atoms with Crippen LogP contribution in [-0.4, -0.2) is 10.9 Å². The van der Waals surface area contributed by atoms with Crippen molar-refractivity contribution < 1.29 is 9.90 Å². The van der Waals surface area contributed by atoms with Crippen molar-refractivity contribution in [3.05, 3.63) is 23.3 Å². The quantitative estimate of drug-likeness (QED) is 0.468. The van der Waals surface area contributed by atoms with Gasteiger partial charge in [0.2, 0.25) is 0 Å². The van der Waals surface area contributed by atoms with Gasteiger partial charge in [0.05, 0.1) is 11.3 Å². The molecule has 0 aromatic heterocycles. The van der Waals surface area contributed by atoms with Gasteiger partial charge in [-0.15, -0.1) is 0 Å². The number of phenolic OH excluding ortho intramolecular Hbond substituents is 1. The smallest absolute Gasteiger partial charge is 0.169 e. The lowest BCUT2D eigenvalue weighted by atomic mass is 9.89. The molecule has 0 radical (unpaired) electrons. The van der Waals surface area contributed by atoms with E-state index in [0.717, 1.165) is 5.56 Å². The topological polar surface area (TPSA) is 63.3 Å². The second-order valence-electron chi connectivity index (χ2n) is 4.59. The number of benzene rings is 1. The fourth-order valence-electron chi connectivity index (χ4n) is 1.46. The maximum absolute atomic E-state index is 12.1. The normalized spacial score (nSPS) is 12.8. The summed E-state index contributed by atoms with van der Waals surface area (Å²) in [5.41, 5.74) is 7.09. The van der Waals surface area contributed by atoms with E-state index in [0.29, 0.717) is 11.3 Å². The molecule has 0 spiro atoms. The molecular formula is C13H19NO2. The van der Waals surface area contributed by atoms with Gasteiger partial charge in [0.1, 0.15) is 5.75 Å². The van der Waals surface area contributed by atoms with Crippen LogP contribution in [-0.2, 0) is 0 Å². The third-order valence-corrected chi connectivity index (χ3v) is 3.11. The minimum Gasteiger partial charge on any atom is -0.505 e. The zero-order valence-corrected chi connectivity index (χ0v) is 10.2. The number of anilines is 1. The Labute approximate surface area is 96.3 Å². The van der Waals surface area contributed by atoms with Crippen LogP contribution in [0, 0.1) is 18.8 Å². The molecule has 0 aliphatic carbocycles. The van der Waals surface area contributed by atoms with Crippen LogP contribution >= 0.6 is 0 Å². The van der Waals surface area contributed by atoms with Crippen LogP contribution in [0.25, 0.3) is 0 Å². The minimum atomic E-state index is -0.118. The van der Waals surface area contributed by atoms with Gasteiger partial charge in [0, 0.05) is 5.92 Å². The van der Waals surface area contributed by atoms with Crippen LogP contribution in [0.1, 0.15) is 36.7 Å². The van der Waals surface area contributed by atoms with E-state index < -0.39 is 0 Å². The van der Waals surface area contributed by atoms with E-state index >= 15 is 0 Å². The molecule has 1 aromatic rings. The van der Waals surface area contributed by atoms with Gasteiger partial charge in [0.15, 0.2) is 5.78 Å². The second-order valence-corrected chi connectivity index (χ2v) is 4.59. The van der Waals surface area contributed by atoms with Crippen molar-refractivity contribution in [2.45, 2.75) is 27.7 Å². The molecule has 0 heterocycles. The molecule has 1 aromatic carbocycles. The number of hydrogen-bond acceptors (Lipinski definition) is 3. The Balaban J connectivity index is 3.15. The van der Waals surface area contributed by atoms with Gasteiger partial charge in [-0.2, -0.15) is 0 Å². The molecule has 3 N–H and O–H groups in total. The predicted octanol–water partition coefficient (Wildman–Crippen LogP) is 2.76. The summed E-state index contributed by atoms with van der Waals surface area (Å²) in [5, 5.41) is 9.83. The molecule has 1 atom stereocenters. The van der Waals surface area contributed by atoms with E-state index in [9.17, 15) is 9.90 Å². The minimum absolute atomic E-state index is 0.0563. The van der Waals surface area contributed by atoms with Gasteiger partial charge >= 0.3 is 0 Å². The maximum Gasteiger partial charge on any atom is 0.169 e. The van der Waals surface area contributed by atoms with Crippen molar-refractivity contribution in [2.75, 3.05) is 5.73 Å². The second kappa shape index (κ2) is 4.56. The zero-order valence-electron chi connectivity index (χ0n) is 10.2. The van der Waals surface area contributed by atoms with Crippen LogP contribution < -0.4 is 5.73 Å². The molecule has 3 nitrogen and oxygen atoms in total. The summed E-state index contributed by atoms with van der Waals surface area (Å²) in [4.78, 5) is 12.1. The molecule has 88 valence electrons. The Hall–Kier alpha value is -1.51. The number of hydrogen-bond donors (Lipinski definition) is 2. The standard InChI is InChI=1S/C13H19NO2/c1-7(2)9(4)12(15)10-6-5-8(3)11(14)13(10)16/h5-7,9,16H,14H2,1-4H3. The predicted molar refractivity (Wildman–Crippen MR) is 65.6 cm³/mol. The van der Waals surface area contributed by atoms with Gasteiger partial charge < -0.3 is 10.8 Å². The van der Waals surface area contributed by atoms with Crippen LogP contribution in [0.5, 0.6) is 5.75 Å². The first-order valence-corrected chi connectivity index (χ1v) is 5.48. The van der Waals surface area contributed by atoms with E-state index in [1.807, 2.05) is 20.8 Å². The Morgan fingerprint density at radius 2 is 1.88 bits per heavy atom. The summed E-state index contributed by atoms with van der Waals surface area (Å²) in [6.45, 7) is 7.63. The summed E-state index contributed by atoms with van der Waals surface area (Å²) in [6.07, 6.45) is 0. The fourth-order valence-corrected chi connectivity index (χ4v) is 1.46. The highest BCUT2D eigenvalue weighted by Crippen LogP contribution is 2.31. The summed E-state index contributed by atoms with van der Waals surface area (Å²) < 4.78 is 0. The van der Waals surface area contributed by atoms with Crippen molar-refractivity contribution in [1.29, 1.82) is 0 Å². The Bertz CT molecular complexity index is 411. The van der Waals surface area contributed by atoms with Crippen molar-refractivity contribution in [3.63, 3.8) is 0 Å². The summed E-state index contributed by atoms with van der Waals surface area (Å²) in [5.74, 6) is -0.0147. The average molecular weight is 221 g/mol. The summed E-state index contributed by atoms with van der Waals surface area (Å²) in [7, 11) is 0. The van der Waals surface area contributed by atoms with E-state index in [1.165, 1.54) is 0 Å². The molecule has 1 unspecified atom stereocenters. The number of rotatable bonds is 3. The zero-order chi connectivity index (χ0) is 12.5. The number of nitrogens with two attached hydrogens (primary N) is 1. The van der Waals surface area contributed by atoms with E-state index in [2.05, 4.69) is 0 Å². The molecule has 0 amide bonds. The average Bonchev–Trinajstić information content (AvgIpc) is 2.24. The van der Waals surface area contributed by atoms with Crippen molar-refractivity contribution in [2.24, 2.45) is 11.8 Å². The number of carbonyl (C=O) groups excluding carboxylic acids is 1. The van der Waals surface area contributed by atoms with E-state index in [-0.39, 0.29) is 23.4 Å². The number of Topliss-reactive ketones (excluding diaryl/α,β-unsaturated/α-hetero) is 1. The third kappa shape index (κ3) is 2.18. The molecule has 0 fully saturated rings. The number of ketones is 1. The van der Waals surface area contributed by atoms with Crippen molar-refractivity contribution in [1.82, 2.24) is 0 Å². The Morgan fingerprint density at radius 3 is 2.38 bits per heavy atom. The SMILES string of the molecule is Cc1ccc(C(=O)C(C)C(C)C)c(O)c1N. The Morgan fingerprint density at radius 1 is 1.31 bits per heavy atom. The number of nitrogen functional groups attached to an aromatic ring is 1. The van der Waals surface area contributed by atoms with Crippen LogP contribution in [0.2, 0.25) is 0 Å². The lowest BCUT2D eigenvalue weighted by Crippen LogP contribution is -2.17. The molecule has 0 bridgehead atoms. The van der Waals surface area contributed by atoms with Gasteiger partial charge in [0.25, 0.3) is 0 Å². The van der Waals surface area contributed by atoms with Gasteiger partial charge in [-0.05, 0) is 24.5 Å². The largest absolute Gasteiger partial charge is 0.505 e. The highest BCUT2D eigenvalue weighted by Gasteiger charge is 2.22. The van der Waals surface area contributed by atoms with Crippen LogP contribution in [0.15, 0.2) is 12.1 Å². The number of aryl methyl sites for hydroxylation is 1. The lowest BCUT2D eigenvalue weighted by Gasteiger charge is -2.16. The Kier molecular flexibility index (Phi) is 3.58. The van der Waals surface area contributed by atoms with Gasteiger partial charge in [-0.3, -0.25) is 4.79 Å². The molecule has 0 aliphatic heterocycles. The van der Waals surface area contributed by atoms with Gasteiger partial charge in [-0.1, -0.05) is 26.8 Å². The summed E-state index contributed by atoms with van der Waals surface area (Å²) >= 11 is 0. The lowest BCUT2D eigenvalue weighted by molar-refractivity contribution is 0.0897. The molecule has 0 aliphatic rings. The van der Waals surface area contributed by atoms with Gasteiger partial charge in [-0.25, -0.2) is 0 Å². The van der Waals surface area contributed by atoms with E-state index in [4.69, 9.17) is 5.73 Å². The fraction of sp³-hybridized carbons (Fsp3) is 0.462. The number of phenols is 1. The van der Waals surface area contributed by atoms with E-state index in [1.54, 1.807) is 19.1 Å². The third-order valence-electron chi connectivity index (χ3n) is 3.11. The molecule has 3 heteroatoms. The first-order valence-electron chi connectivity index (χ1n) is 5.48. The number of carbonyl (C=O) groups is 1. The first-order chi connectivity index (χ1) is 7.36. The molecular weight excluding hydrogens is 202 g/mol. The molecule has 1 rings (SSSR count). The first kappa shape index (κ1) is 12.6. The van der Waals surface area contributed by atoms with Crippen molar-refractivity contribution in [3.8, 4) is 5.75 Å². The highest BCUT2D eigenvalue weighted by atomic mass is 16.3.